The van der Waals surface area contributed by atoms with Gasteiger partial charge in [-0.1, -0.05) is 23.4 Å². The Kier molecular flexibility index (Phi) is 5.07. The van der Waals surface area contributed by atoms with Crippen LogP contribution in [0.2, 0.25) is 5.02 Å². The van der Waals surface area contributed by atoms with Gasteiger partial charge in [0.2, 0.25) is 0 Å². The summed E-state index contributed by atoms with van der Waals surface area (Å²) in [5.74, 6) is -0.456. The van der Waals surface area contributed by atoms with Crippen LogP contribution in [0.25, 0.3) is 10.1 Å². The van der Waals surface area contributed by atoms with E-state index in [1.165, 1.54) is 30.2 Å². The molecule has 2 aromatic rings. The monoisotopic (exact) mass is 339 g/mol. The van der Waals surface area contributed by atoms with Crippen LogP contribution in [0.5, 0.6) is 0 Å². The number of nitrogens with zero attached hydrogens (tertiary/aromatic N) is 2. The maximum absolute atomic E-state index is 11.6. The van der Waals surface area contributed by atoms with E-state index < -0.39 is 5.97 Å². The minimum atomic E-state index is -0.456. The molecule has 0 aliphatic heterocycles. The fourth-order valence-corrected chi connectivity index (χ4v) is 3.44. The molecule has 0 unspecified atom stereocenters. The molecule has 21 heavy (non-hydrogen) atoms. The molecule has 0 amide bonds. The summed E-state index contributed by atoms with van der Waals surface area (Å²) in [4.78, 5) is 16.3. The normalized spacial score (nSPS) is 11.2. The summed E-state index contributed by atoms with van der Waals surface area (Å²) in [5, 5.41) is 12.8. The largest absolute Gasteiger partial charge is 0.465 e. The summed E-state index contributed by atoms with van der Waals surface area (Å²) in [6.07, 6.45) is 3.65. The van der Waals surface area contributed by atoms with E-state index in [1.54, 1.807) is 12.1 Å². The van der Waals surface area contributed by atoms with Gasteiger partial charge in [0.15, 0.2) is 11.4 Å². The number of ether oxygens (including phenoxy) is 1. The average molecular weight is 340 g/mol. The molecule has 0 saturated carbocycles. The third-order valence-corrected chi connectivity index (χ3v) is 4.79. The van der Waals surface area contributed by atoms with Crippen molar-refractivity contribution >= 4 is 61.6 Å². The van der Waals surface area contributed by atoms with Crippen LogP contribution in [0.3, 0.4) is 0 Å². The van der Waals surface area contributed by atoms with E-state index in [4.69, 9.17) is 21.6 Å². The Morgan fingerprint density at radius 1 is 1.57 bits per heavy atom. The van der Waals surface area contributed by atoms with Crippen LogP contribution in [0.15, 0.2) is 23.2 Å². The lowest BCUT2D eigenvalue weighted by molar-refractivity contribution is 0.0606. The number of esters is 1. The second-order valence-corrected chi connectivity index (χ2v) is 6.00. The molecular weight excluding hydrogens is 330 g/mol. The minimum Gasteiger partial charge on any atom is -0.465 e. The van der Waals surface area contributed by atoms with E-state index in [0.717, 1.165) is 10.1 Å². The van der Waals surface area contributed by atoms with E-state index in [-0.39, 0.29) is 0 Å². The van der Waals surface area contributed by atoms with Crippen molar-refractivity contribution in [3.8, 4) is 6.19 Å². The predicted octanol–water partition coefficient (Wildman–Crippen LogP) is 3.76. The van der Waals surface area contributed by atoms with Crippen LogP contribution in [-0.2, 0) is 4.74 Å². The quantitative estimate of drug-likeness (QED) is 0.296. The van der Waals surface area contributed by atoms with Gasteiger partial charge in [-0.25, -0.2) is 9.79 Å². The SMILES string of the molecule is COC(=O)c1sc2cc(N=C(NC#N)SC)ccc2c1Cl. The van der Waals surface area contributed by atoms with Gasteiger partial charge in [-0.05, 0) is 24.5 Å². The van der Waals surface area contributed by atoms with Crippen molar-refractivity contribution in [2.24, 2.45) is 4.99 Å². The number of hydrogen-bond donors (Lipinski definition) is 1. The van der Waals surface area contributed by atoms with Gasteiger partial charge in [-0.15, -0.1) is 11.3 Å². The topological polar surface area (TPSA) is 74.5 Å². The van der Waals surface area contributed by atoms with Gasteiger partial charge in [-0.3, -0.25) is 5.32 Å². The van der Waals surface area contributed by atoms with E-state index in [1.807, 2.05) is 18.5 Å². The maximum Gasteiger partial charge on any atom is 0.349 e. The Balaban J connectivity index is 2.48. The van der Waals surface area contributed by atoms with E-state index in [0.29, 0.717) is 20.8 Å². The second-order valence-electron chi connectivity index (χ2n) is 3.78. The third-order valence-electron chi connectivity index (χ3n) is 2.57. The molecule has 0 bridgehead atoms. The molecule has 2 rings (SSSR count). The van der Waals surface area contributed by atoms with E-state index in [9.17, 15) is 4.79 Å². The van der Waals surface area contributed by atoms with Crippen molar-refractivity contribution in [2.75, 3.05) is 13.4 Å². The Morgan fingerprint density at radius 2 is 2.33 bits per heavy atom. The lowest BCUT2D eigenvalue weighted by Crippen LogP contribution is -2.12. The number of thiophene rings is 1. The van der Waals surface area contributed by atoms with Crippen LogP contribution in [0.1, 0.15) is 9.67 Å². The van der Waals surface area contributed by atoms with Gasteiger partial charge >= 0.3 is 5.97 Å². The molecule has 1 N–H and O–H groups in total. The molecule has 0 radical (unpaired) electrons. The average Bonchev–Trinajstić information content (AvgIpc) is 2.82. The van der Waals surface area contributed by atoms with Crippen molar-refractivity contribution in [1.29, 1.82) is 5.26 Å². The number of nitrogens with one attached hydrogen (secondary N) is 1. The summed E-state index contributed by atoms with van der Waals surface area (Å²) in [6, 6.07) is 5.38. The van der Waals surface area contributed by atoms with Gasteiger partial charge in [0.05, 0.1) is 17.8 Å². The maximum atomic E-state index is 11.6. The summed E-state index contributed by atoms with van der Waals surface area (Å²) < 4.78 is 5.53. The Bertz CT molecular complexity index is 765. The number of carbonyl (C=O) groups excluding carboxylic acids is 1. The molecule has 1 aromatic heterocycles. The van der Waals surface area contributed by atoms with Gasteiger partial charge in [0, 0.05) is 10.1 Å². The number of carbonyl (C=O) groups is 1. The van der Waals surface area contributed by atoms with Gasteiger partial charge < -0.3 is 4.74 Å². The number of hydrogen-bond acceptors (Lipinski definition) is 6. The fourth-order valence-electron chi connectivity index (χ4n) is 1.64. The number of halogens is 1. The molecule has 0 spiro atoms. The summed E-state index contributed by atoms with van der Waals surface area (Å²) in [5.41, 5.74) is 0.670. The predicted molar refractivity (Wildman–Crippen MR) is 87.5 cm³/mol. The van der Waals surface area contributed by atoms with Crippen molar-refractivity contribution < 1.29 is 9.53 Å². The van der Waals surface area contributed by atoms with Crippen LogP contribution in [0, 0.1) is 11.5 Å². The molecule has 108 valence electrons. The molecule has 0 fully saturated rings. The van der Waals surface area contributed by atoms with Gasteiger partial charge in [0.25, 0.3) is 0 Å². The zero-order valence-electron chi connectivity index (χ0n) is 11.1. The molecule has 0 aliphatic carbocycles. The summed E-state index contributed by atoms with van der Waals surface area (Å²) >= 11 is 8.76. The molecule has 0 aliphatic rings. The minimum absolute atomic E-state index is 0.371. The Hall–Kier alpha value is -1.75. The number of rotatable bonds is 2. The van der Waals surface area contributed by atoms with Crippen LogP contribution >= 0.6 is 34.7 Å². The zero-order valence-corrected chi connectivity index (χ0v) is 13.5. The highest BCUT2D eigenvalue weighted by Crippen LogP contribution is 2.37. The smallest absolute Gasteiger partial charge is 0.349 e. The number of nitriles is 1. The van der Waals surface area contributed by atoms with Crippen molar-refractivity contribution in [3.63, 3.8) is 0 Å². The van der Waals surface area contributed by atoms with Crippen molar-refractivity contribution in [2.45, 2.75) is 0 Å². The van der Waals surface area contributed by atoms with Crippen molar-refractivity contribution in [3.05, 3.63) is 28.1 Å². The molecule has 0 saturated heterocycles. The molecule has 0 atom stereocenters. The molecule has 8 heteroatoms. The first-order valence-electron chi connectivity index (χ1n) is 5.68. The van der Waals surface area contributed by atoms with E-state index >= 15 is 0 Å². The Labute approximate surface area is 134 Å². The standard InChI is InChI=1S/C13H10ClN3O2S2/c1-19-12(18)11-10(14)8-4-3-7(5-9(8)21-11)17-13(20-2)16-6-15/h3-5H,1-2H3,(H,16,17). The molecular formula is C13H10ClN3O2S2. The Morgan fingerprint density at radius 3 is 2.95 bits per heavy atom. The number of methoxy groups -OCH3 is 1. The molecule has 1 heterocycles. The second kappa shape index (κ2) is 6.80. The van der Waals surface area contributed by atoms with Crippen LogP contribution in [-0.4, -0.2) is 24.5 Å². The van der Waals surface area contributed by atoms with Gasteiger partial charge in [0.1, 0.15) is 4.88 Å². The molecule has 5 nitrogen and oxygen atoms in total. The summed E-state index contributed by atoms with van der Waals surface area (Å²) in [7, 11) is 1.32. The zero-order chi connectivity index (χ0) is 15.4. The lowest BCUT2D eigenvalue weighted by atomic mass is 10.2. The summed E-state index contributed by atoms with van der Waals surface area (Å²) in [6.45, 7) is 0. The van der Waals surface area contributed by atoms with Crippen molar-refractivity contribution in [1.82, 2.24) is 5.32 Å². The number of aliphatic imine (C=N–C) groups is 1. The lowest BCUT2D eigenvalue weighted by Gasteiger charge is -1.99. The van der Waals surface area contributed by atoms with Crippen LogP contribution < -0.4 is 5.32 Å². The van der Waals surface area contributed by atoms with E-state index in [2.05, 4.69) is 10.3 Å². The van der Waals surface area contributed by atoms with Crippen LogP contribution in [0.4, 0.5) is 5.69 Å². The third kappa shape index (κ3) is 3.29. The highest BCUT2D eigenvalue weighted by molar-refractivity contribution is 8.13. The van der Waals surface area contributed by atoms with Gasteiger partial charge in [-0.2, -0.15) is 5.26 Å². The number of fused-ring (bicyclic) bond motifs is 1. The highest BCUT2D eigenvalue weighted by Gasteiger charge is 2.17. The first kappa shape index (κ1) is 15.6. The first-order valence-corrected chi connectivity index (χ1v) is 8.10. The number of benzene rings is 1. The molecule has 1 aromatic carbocycles. The highest BCUT2D eigenvalue weighted by atomic mass is 35.5. The first-order chi connectivity index (χ1) is 10.1. The number of amidine groups is 1. The number of thioether (sulfide) groups is 1. The fraction of sp³-hybridized carbons (Fsp3) is 0.154.